The van der Waals surface area contributed by atoms with Crippen LogP contribution in [-0.4, -0.2) is 94.8 Å². The molecule has 15 heteroatoms. The van der Waals surface area contributed by atoms with Crippen molar-refractivity contribution in [2.45, 2.75) is 51.1 Å². The van der Waals surface area contributed by atoms with Crippen molar-refractivity contribution >= 4 is 41.0 Å². The van der Waals surface area contributed by atoms with Crippen LogP contribution >= 0.6 is 0 Å². The van der Waals surface area contributed by atoms with E-state index in [0.29, 0.717) is 60.1 Å². The number of para-hydroxylation sites is 2. The normalized spacial score (nSPS) is 14.8. The number of nitrogens with zero attached hydrogens (tertiary/aromatic N) is 5. The first-order valence-electron chi connectivity index (χ1n) is 17.3. The quantitative estimate of drug-likeness (QED) is 0.141. The van der Waals surface area contributed by atoms with Crippen molar-refractivity contribution in [1.82, 2.24) is 30.2 Å². The fourth-order valence-electron chi connectivity index (χ4n) is 6.06. The molecule has 4 heterocycles. The number of nitrogens with two attached hydrogens (primary N) is 2. The molecule has 15 nitrogen and oxygen atoms in total. The molecule has 2 fully saturated rings. The van der Waals surface area contributed by atoms with Crippen LogP contribution in [0.1, 0.15) is 70.9 Å². The molecule has 7 N–H and O–H groups in total. The van der Waals surface area contributed by atoms with Gasteiger partial charge in [0, 0.05) is 44.0 Å². The van der Waals surface area contributed by atoms with Crippen molar-refractivity contribution in [2.24, 2.45) is 0 Å². The average molecular weight is 711 g/mol. The summed E-state index contributed by atoms with van der Waals surface area (Å²) < 4.78 is 10.5. The Morgan fingerprint density at radius 3 is 1.60 bits per heavy atom. The van der Waals surface area contributed by atoms with Crippen molar-refractivity contribution in [3.63, 3.8) is 0 Å². The van der Waals surface area contributed by atoms with Gasteiger partial charge in [-0.15, -0.1) is 0 Å². The van der Waals surface area contributed by atoms with Gasteiger partial charge in [0.25, 0.3) is 0 Å². The van der Waals surface area contributed by atoms with Gasteiger partial charge in [-0.1, -0.05) is 31.2 Å². The summed E-state index contributed by atoms with van der Waals surface area (Å²) in [6.45, 7) is 5.24. The summed E-state index contributed by atoms with van der Waals surface area (Å²) in [4.78, 5) is 56.1. The second-order valence-corrected chi connectivity index (χ2v) is 12.4. The lowest BCUT2D eigenvalue weighted by atomic mass is 10.0. The molecule has 0 unspecified atom stereocenters. The molecule has 0 spiro atoms. The predicted octanol–water partition coefficient (Wildman–Crippen LogP) is 3.57. The molecule has 0 bridgehead atoms. The Morgan fingerprint density at radius 2 is 1.17 bits per heavy atom. The second kappa shape index (κ2) is 17.9. The minimum absolute atomic E-state index is 0.118. The molecule has 2 saturated heterocycles. The predicted molar refractivity (Wildman–Crippen MR) is 199 cm³/mol. The van der Waals surface area contributed by atoms with Gasteiger partial charge in [-0.2, -0.15) is 9.97 Å². The highest BCUT2D eigenvalue weighted by atomic mass is 16.5. The first kappa shape index (κ1) is 37.4. The second-order valence-electron chi connectivity index (χ2n) is 12.4. The maximum absolute atomic E-state index is 12.8. The summed E-state index contributed by atoms with van der Waals surface area (Å²) in [7, 11) is 3.04. The number of amides is 1. The number of anilines is 4. The number of aromatic nitrogens is 4. The third-order valence-corrected chi connectivity index (χ3v) is 8.98. The Labute approximate surface area is 302 Å². The number of hydrogen-bond donors (Lipinski definition) is 5. The smallest absolute Gasteiger partial charge is 0.224 e. The van der Waals surface area contributed by atoms with Crippen LogP contribution in [0, 0.1) is 0 Å². The number of rotatable bonds is 11. The van der Waals surface area contributed by atoms with E-state index in [1.165, 1.54) is 26.6 Å². The van der Waals surface area contributed by atoms with Gasteiger partial charge in [0.05, 0.1) is 36.5 Å². The summed E-state index contributed by atoms with van der Waals surface area (Å²) in [5.41, 5.74) is 13.4. The molecule has 274 valence electrons. The van der Waals surface area contributed by atoms with Crippen LogP contribution < -0.4 is 36.9 Å². The van der Waals surface area contributed by atoms with E-state index in [0.717, 1.165) is 38.8 Å². The number of piperidine rings is 2. The largest absolute Gasteiger partial charge is 0.496 e. The first-order chi connectivity index (χ1) is 25.2. The molecule has 6 rings (SSSR count). The van der Waals surface area contributed by atoms with Gasteiger partial charge in [0.15, 0.2) is 0 Å². The Balaban J connectivity index is 0.000000203. The van der Waals surface area contributed by atoms with Gasteiger partial charge < -0.3 is 41.8 Å². The maximum atomic E-state index is 12.8. The average Bonchev–Trinajstić information content (AvgIpc) is 3.18. The molecular formula is C37H46N10O5. The highest BCUT2D eigenvalue weighted by molar-refractivity contribution is 6.13. The van der Waals surface area contributed by atoms with E-state index in [9.17, 15) is 14.4 Å². The van der Waals surface area contributed by atoms with Crippen LogP contribution in [0.4, 0.5) is 23.5 Å². The number of likely N-dealkylation sites (tertiary alicyclic amines) is 1. The number of hydrogen-bond acceptors (Lipinski definition) is 14. The molecule has 2 aliphatic rings. The molecule has 0 radical (unpaired) electrons. The Hall–Kier alpha value is -5.83. The summed E-state index contributed by atoms with van der Waals surface area (Å²) in [6.07, 6.45) is 7.08. The fraction of sp³-hybridized carbons (Fsp3) is 0.378. The van der Waals surface area contributed by atoms with Crippen molar-refractivity contribution in [3.8, 4) is 11.5 Å². The number of nitrogen functional groups attached to an aromatic ring is 2. The van der Waals surface area contributed by atoms with Crippen LogP contribution in [0.15, 0.2) is 60.9 Å². The van der Waals surface area contributed by atoms with Crippen molar-refractivity contribution in [2.75, 3.05) is 62.5 Å². The zero-order valence-electron chi connectivity index (χ0n) is 29.7. The Bertz CT molecular complexity index is 1860. The minimum atomic E-state index is -0.284. The number of carbonyl (C=O) groups excluding carboxylic acids is 3. The summed E-state index contributed by atoms with van der Waals surface area (Å²) >= 11 is 0. The van der Waals surface area contributed by atoms with Crippen molar-refractivity contribution in [1.29, 1.82) is 0 Å². The van der Waals surface area contributed by atoms with Gasteiger partial charge >= 0.3 is 0 Å². The standard InChI is InChI=1S/C20H25N5O3.C17H21N5O2/c1-3-17(26)25-10-8-13(9-11-25)23-20-22-12-15(19(21)24-20)18(27)14-6-4-5-7-16(14)28-2;1-24-14-5-3-2-4-12(14)15(23)13-10-20-17(22-16(13)18)21-11-6-8-19-9-7-11/h4-7,12-13H,3,8-11H2,1-2H3,(H3,21,22,23,24);2-5,10-11,19H,6-9H2,1H3,(H3,18,20,21,22). The molecule has 0 aliphatic carbocycles. The third kappa shape index (κ3) is 9.28. The first-order valence-corrected chi connectivity index (χ1v) is 17.3. The van der Waals surface area contributed by atoms with Gasteiger partial charge in [-0.05, 0) is 63.0 Å². The van der Waals surface area contributed by atoms with Gasteiger partial charge in [0.2, 0.25) is 29.4 Å². The number of carbonyl (C=O) groups is 3. The molecule has 0 saturated carbocycles. The molecule has 2 aromatic heterocycles. The van der Waals surface area contributed by atoms with E-state index in [4.69, 9.17) is 20.9 Å². The molecule has 0 atom stereocenters. The highest BCUT2D eigenvalue weighted by Crippen LogP contribution is 2.25. The molecule has 2 aliphatic heterocycles. The van der Waals surface area contributed by atoms with Gasteiger partial charge in [-0.25, -0.2) is 9.97 Å². The van der Waals surface area contributed by atoms with E-state index in [1.54, 1.807) is 42.5 Å². The highest BCUT2D eigenvalue weighted by Gasteiger charge is 2.24. The van der Waals surface area contributed by atoms with E-state index in [-0.39, 0.29) is 46.3 Å². The summed E-state index contributed by atoms with van der Waals surface area (Å²) in [5, 5.41) is 9.83. The van der Waals surface area contributed by atoms with Crippen LogP contribution in [0.25, 0.3) is 0 Å². The number of nitrogens with one attached hydrogen (secondary N) is 3. The molecular weight excluding hydrogens is 664 g/mol. The van der Waals surface area contributed by atoms with Crippen LogP contribution in [0.2, 0.25) is 0 Å². The zero-order valence-corrected chi connectivity index (χ0v) is 29.7. The number of benzene rings is 2. The molecule has 1 amide bonds. The lowest BCUT2D eigenvalue weighted by Crippen LogP contribution is -2.42. The van der Waals surface area contributed by atoms with Gasteiger partial charge in [-0.3, -0.25) is 14.4 Å². The van der Waals surface area contributed by atoms with Gasteiger partial charge in [0.1, 0.15) is 23.1 Å². The lowest BCUT2D eigenvalue weighted by molar-refractivity contribution is -0.131. The zero-order chi connectivity index (χ0) is 37.0. The Kier molecular flexibility index (Phi) is 12.9. The van der Waals surface area contributed by atoms with E-state index < -0.39 is 0 Å². The lowest BCUT2D eigenvalue weighted by Gasteiger charge is -2.32. The van der Waals surface area contributed by atoms with Crippen molar-refractivity contribution < 1.29 is 23.9 Å². The minimum Gasteiger partial charge on any atom is -0.496 e. The molecule has 52 heavy (non-hydrogen) atoms. The summed E-state index contributed by atoms with van der Waals surface area (Å²) in [6, 6.07) is 14.5. The monoisotopic (exact) mass is 710 g/mol. The van der Waals surface area contributed by atoms with E-state index >= 15 is 0 Å². The summed E-state index contributed by atoms with van der Waals surface area (Å²) in [5.74, 6) is 1.74. The number of ether oxygens (including phenoxy) is 2. The number of ketones is 2. The van der Waals surface area contributed by atoms with E-state index in [2.05, 4.69) is 35.9 Å². The van der Waals surface area contributed by atoms with E-state index in [1.807, 2.05) is 17.9 Å². The van der Waals surface area contributed by atoms with Crippen molar-refractivity contribution in [3.05, 3.63) is 83.2 Å². The maximum Gasteiger partial charge on any atom is 0.224 e. The van der Waals surface area contributed by atoms with Crippen LogP contribution in [-0.2, 0) is 4.79 Å². The molecule has 2 aromatic carbocycles. The Morgan fingerprint density at radius 1 is 0.731 bits per heavy atom. The third-order valence-electron chi connectivity index (χ3n) is 8.98. The SMILES string of the molecule is CCC(=O)N1CCC(Nc2ncc(C(=O)c3ccccc3OC)c(N)n2)CC1.COc1ccccc1C(=O)c1cnc(NC2CCNCC2)nc1N. The topological polar surface area (TPSA) is 213 Å². The van der Waals surface area contributed by atoms with Crippen LogP contribution in [0.3, 0.4) is 0 Å². The fourth-order valence-corrected chi connectivity index (χ4v) is 6.06. The number of methoxy groups -OCH3 is 2. The molecule has 4 aromatic rings. The van der Waals surface area contributed by atoms with Crippen LogP contribution in [0.5, 0.6) is 11.5 Å².